The molecule has 1 aromatic carbocycles. The minimum Gasteiger partial charge on any atom is -0.476 e. The number of rotatable bonds is 3. The van der Waals surface area contributed by atoms with Crippen LogP contribution in [-0.2, 0) is 0 Å². The Labute approximate surface area is 113 Å². The maximum Gasteiger partial charge on any atom is 0.355 e. The minimum atomic E-state index is -1.02. The predicted octanol–water partition coefficient (Wildman–Crippen LogP) is 3.86. The van der Waals surface area contributed by atoms with Gasteiger partial charge in [0.15, 0.2) is 10.8 Å². The third-order valence-electron chi connectivity index (χ3n) is 2.37. The summed E-state index contributed by atoms with van der Waals surface area (Å²) in [6.07, 6.45) is 0. The summed E-state index contributed by atoms with van der Waals surface area (Å²) in [5, 5.41) is 13.1. The molecular weight excluding hydrogens is 272 g/mol. The molecular formula is C12H11ClN2O2S. The molecule has 1 aromatic heterocycles. The largest absolute Gasteiger partial charge is 0.476 e. The van der Waals surface area contributed by atoms with E-state index in [1.807, 2.05) is 25.1 Å². The van der Waals surface area contributed by atoms with Crippen molar-refractivity contribution in [1.82, 2.24) is 4.98 Å². The van der Waals surface area contributed by atoms with E-state index in [9.17, 15) is 4.79 Å². The molecule has 2 rings (SSSR count). The fourth-order valence-corrected chi connectivity index (χ4v) is 2.58. The van der Waals surface area contributed by atoms with Gasteiger partial charge in [-0.1, -0.05) is 17.7 Å². The van der Waals surface area contributed by atoms with E-state index in [4.69, 9.17) is 16.7 Å². The summed E-state index contributed by atoms with van der Waals surface area (Å²) >= 11 is 7.38. The maximum absolute atomic E-state index is 10.9. The molecule has 0 bridgehead atoms. The molecule has 0 radical (unpaired) electrons. The van der Waals surface area contributed by atoms with E-state index in [1.54, 1.807) is 6.92 Å². The maximum atomic E-state index is 10.9. The van der Waals surface area contributed by atoms with Crippen LogP contribution in [0.1, 0.15) is 20.9 Å². The number of thiazole rings is 1. The summed E-state index contributed by atoms with van der Waals surface area (Å²) in [4.78, 5) is 15.6. The number of anilines is 2. The number of carboxylic acid groups (broad SMARTS) is 1. The molecule has 2 N–H and O–H groups in total. The van der Waals surface area contributed by atoms with Crippen LogP contribution >= 0.6 is 22.9 Å². The van der Waals surface area contributed by atoms with Crippen LogP contribution in [0.2, 0.25) is 5.02 Å². The first kappa shape index (κ1) is 12.9. The van der Waals surface area contributed by atoms with Crippen LogP contribution in [0.15, 0.2) is 18.2 Å². The third-order valence-corrected chi connectivity index (χ3v) is 3.56. The number of nitrogens with one attached hydrogen (secondary N) is 1. The summed E-state index contributed by atoms with van der Waals surface area (Å²) in [5.41, 5.74) is 1.85. The van der Waals surface area contributed by atoms with E-state index in [1.165, 1.54) is 11.3 Å². The van der Waals surface area contributed by atoms with Crippen molar-refractivity contribution < 1.29 is 9.90 Å². The Balaban J connectivity index is 2.29. The number of benzene rings is 1. The molecule has 1 heterocycles. The summed E-state index contributed by atoms with van der Waals surface area (Å²) in [6.45, 7) is 3.68. The third kappa shape index (κ3) is 2.63. The lowest BCUT2D eigenvalue weighted by molar-refractivity contribution is 0.0690. The number of hydrogen-bond donors (Lipinski definition) is 2. The number of halogens is 1. The first-order valence-corrected chi connectivity index (χ1v) is 6.40. The fraction of sp³-hybridized carbons (Fsp3) is 0.167. The van der Waals surface area contributed by atoms with Gasteiger partial charge in [-0.15, -0.1) is 11.3 Å². The summed E-state index contributed by atoms with van der Waals surface area (Å²) in [6, 6.07) is 5.60. The number of aryl methyl sites for hydroxylation is 2. The van der Waals surface area contributed by atoms with Gasteiger partial charge in [0, 0.05) is 4.88 Å². The molecule has 0 aliphatic carbocycles. The molecule has 94 valence electrons. The predicted molar refractivity (Wildman–Crippen MR) is 73.3 cm³/mol. The van der Waals surface area contributed by atoms with Crippen molar-refractivity contribution in [1.29, 1.82) is 0 Å². The quantitative estimate of drug-likeness (QED) is 0.897. The van der Waals surface area contributed by atoms with Crippen molar-refractivity contribution in [2.75, 3.05) is 5.32 Å². The van der Waals surface area contributed by atoms with Gasteiger partial charge in [-0.25, -0.2) is 9.78 Å². The normalized spacial score (nSPS) is 10.4. The molecule has 18 heavy (non-hydrogen) atoms. The Kier molecular flexibility index (Phi) is 3.54. The standard InChI is InChI=1S/C12H11ClN2O2S/c1-6-3-4-9(8(13)5-6)14-12-15-10(11(16)17)7(2)18-12/h3-5H,1-2H3,(H,14,15)(H,16,17). The zero-order valence-electron chi connectivity index (χ0n) is 9.82. The van der Waals surface area contributed by atoms with Crippen molar-refractivity contribution in [3.63, 3.8) is 0 Å². The lowest BCUT2D eigenvalue weighted by Gasteiger charge is -2.05. The van der Waals surface area contributed by atoms with E-state index < -0.39 is 5.97 Å². The second kappa shape index (κ2) is 4.96. The lowest BCUT2D eigenvalue weighted by atomic mass is 10.2. The summed E-state index contributed by atoms with van der Waals surface area (Å²) < 4.78 is 0. The summed E-state index contributed by atoms with van der Waals surface area (Å²) in [7, 11) is 0. The second-order valence-electron chi connectivity index (χ2n) is 3.84. The number of aromatic nitrogens is 1. The number of hydrogen-bond acceptors (Lipinski definition) is 4. The highest BCUT2D eigenvalue weighted by molar-refractivity contribution is 7.15. The molecule has 4 nitrogen and oxygen atoms in total. The van der Waals surface area contributed by atoms with E-state index in [0.29, 0.717) is 20.7 Å². The van der Waals surface area contributed by atoms with Gasteiger partial charge in [0.1, 0.15) is 0 Å². The van der Waals surface area contributed by atoms with Crippen LogP contribution in [-0.4, -0.2) is 16.1 Å². The average Bonchev–Trinajstić information content (AvgIpc) is 2.64. The van der Waals surface area contributed by atoms with E-state index in [-0.39, 0.29) is 5.69 Å². The highest BCUT2D eigenvalue weighted by Gasteiger charge is 2.14. The van der Waals surface area contributed by atoms with Gasteiger partial charge in [-0.3, -0.25) is 0 Å². The molecule has 0 spiro atoms. The Morgan fingerprint density at radius 2 is 2.17 bits per heavy atom. The van der Waals surface area contributed by atoms with Crippen LogP contribution in [0.5, 0.6) is 0 Å². The molecule has 0 unspecified atom stereocenters. The van der Waals surface area contributed by atoms with Crippen LogP contribution in [0, 0.1) is 13.8 Å². The van der Waals surface area contributed by atoms with E-state index in [0.717, 1.165) is 5.56 Å². The molecule has 0 amide bonds. The summed E-state index contributed by atoms with van der Waals surface area (Å²) in [5.74, 6) is -1.02. The molecule has 0 saturated carbocycles. The van der Waals surface area contributed by atoms with Crippen molar-refractivity contribution in [3.05, 3.63) is 39.4 Å². The first-order valence-electron chi connectivity index (χ1n) is 5.21. The van der Waals surface area contributed by atoms with Crippen molar-refractivity contribution in [2.45, 2.75) is 13.8 Å². The molecule has 0 atom stereocenters. The van der Waals surface area contributed by atoms with Gasteiger partial charge in [0.05, 0.1) is 10.7 Å². The zero-order valence-corrected chi connectivity index (χ0v) is 11.4. The van der Waals surface area contributed by atoms with Gasteiger partial charge in [-0.05, 0) is 31.5 Å². The Bertz CT molecular complexity index is 610. The highest BCUT2D eigenvalue weighted by Crippen LogP contribution is 2.29. The SMILES string of the molecule is Cc1ccc(Nc2nc(C(=O)O)c(C)s2)c(Cl)c1. The van der Waals surface area contributed by atoms with Crippen molar-refractivity contribution in [2.24, 2.45) is 0 Å². The van der Waals surface area contributed by atoms with E-state index in [2.05, 4.69) is 10.3 Å². The Morgan fingerprint density at radius 3 is 2.72 bits per heavy atom. The topological polar surface area (TPSA) is 62.2 Å². The number of carbonyl (C=O) groups is 1. The first-order chi connectivity index (χ1) is 8.47. The van der Waals surface area contributed by atoms with Crippen molar-refractivity contribution >= 4 is 39.7 Å². The lowest BCUT2D eigenvalue weighted by Crippen LogP contribution is -1.99. The zero-order chi connectivity index (χ0) is 13.3. The van der Waals surface area contributed by atoms with Gasteiger partial charge in [0.25, 0.3) is 0 Å². The highest BCUT2D eigenvalue weighted by atomic mass is 35.5. The monoisotopic (exact) mass is 282 g/mol. The molecule has 2 aromatic rings. The van der Waals surface area contributed by atoms with Gasteiger partial charge in [0.2, 0.25) is 0 Å². The fourth-order valence-electron chi connectivity index (χ4n) is 1.49. The van der Waals surface area contributed by atoms with Crippen LogP contribution in [0.25, 0.3) is 0 Å². The van der Waals surface area contributed by atoms with Crippen molar-refractivity contribution in [3.8, 4) is 0 Å². The molecule has 0 fully saturated rings. The Hall–Kier alpha value is -1.59. The number of nitrogens with zero attached hydrogens (tertiary/aromatic N) is 1. The van der Waals surface area contributed by atoms with Crippen LogP contribution < -0.4 is 5.32 Å². The molecule has 0 aliphatic heterocycles. The minimum absolute atomic E-state index is 0.0748. The van der Waals surface area contributed by atoms with Gasteiger partial charge >= 0.3 is 5.97 Å². The second-order valence-corrected chi connectivity index (χ2v) is 5.45. The van der Waals surface area contributed by atoms with Gasteiger partial charge in [-0.2, -0.15) is 0 Å². The number of carboxylic acids is 1. The molecule has 6 heteroatoms. The Morgan fingerprint density at radius 1 is 1.44 bits per heavy atom. The van der Waals surface area contributed by atoms with Gasteiger partial charge < -0.3 is 10.4 Å². The molecule has 0 saturated heterocycles. The van der Waals surface area contributed by atoms with Crippen LogP contribution in [0.4, 0.5) is 10.8 Å². The van der Waals surface area contributed by atoms with Crippen LogP contribution in [0.3, 0.4) is 0 Å². The smallest absolute Gasteiger partial charge is 0.355 e. The average molecular weight is 283 g/mol. The molecule has 0 aliphatic rings. The number of aromatic carboxylic acids is 1. The van der Waals surface area contributed by atoms with E-state index >= 15 is 0 Å².